The van der Waals surface area contributed by atoms with Crippen molar-refractivity contribution in [2.45, 2.75) is 0 Å². The molecule has 0 aromatic carbocycles. The minimum absolute atomic E-state index is 0.784. The van der Waals surface area contributed by atoms with Crippen LogP contribution in [-0.2, 0) is 0 Å². The second-order valence-electron chi connectivity index (χ2n) is 2.75. The van der Waals surface area contributed by atoms with Crippen molar-refractivity contribution in [3.63, 3.8) is 0 Å². The summed E-state index contributed by atoms with van der Waals surface area (Å²) in [4.78, 5) is 6.26. The molecular weight excluding hydrogens is 184 g/mol. The van der Waals surface area contributed by atoms with Gasteiger partial charge in [0.05, 0.1) is 0 Å². The van der Waals surface area contributed by atoms with E-state index in [2.05, 4.69) is 4.98 Å². The number of nitrogens with zero attached hydrogens (tertiary/aromatic N) is 2. The number of pyridine rings is 1. The highest BCUT2D eigenvalue weighted by Crippen LogP contribution is 2.16. The highest BCUT2D eigenvalue weighted by molar-refractivity contribution is 6.31. The van der Waals surface area contributed by atoms with E-state index in [-0.39, 0.29) is 0 Å². The summed E-state index contributed by atoms with van der Waals surface area (Å²) in [6, 6.07) is 5.84. The van der Waals surface area contributed by atoms with Gasteiger partial charge in [-0.25, -0.2) is 4.98 Å². The lowest BCUT2D eigenvalue weighted by atomic mass is 10.3. The molecule has 0 N–H and O–H groups in total. The van der Waals surface area contributed by atoms with Crippen LogP contribution in [0.4, 0.5) is 5.82 Å². The fourth-order valence-electron chi connectivity index (χ4n) is 1.17. The first-order chi connectivity index (χ1) is 6.36. The minimum Gasteiger partial charge on any atom is -0.329 e. The average Bonchev–Trinajstić information content (AvgIpc) is 2.20. The van der Waals surface area contributed by atoms with Gasteiger partial charge in [0.1, 0.15) is 5.82 Å². The Balaban J connectivity index is 2.18. The SMILES string of the molecule is ClC1=CCN(c2ccccn2)C=C1. The van der Waals surface area contributed by atoms with E-state index in [1.54, 1.807) is 6.20 Å². The highest BCUT2D eigenvalue weighted by Gasteiger charge is 2.05. The molecule has 0 saturated carbocycles. The first-order valence-electron chi connectivity index (χ1n) is 4.08. The molecular formula is C10H9ClN2. The van der Waals surface area contributed by atoms with E-state index in [1.165, 1.54) is 0 Å². The lowest BCUT2D eigenvalue weighted by Crippen LogP contribution is -2.18. The molecule has 0 radical (unpaired) electrons. The van der Waals surface area contributed by atoms with Gasteiger partial charge >= 0.3 is 0 Å². The van der Waals surface area contributed by atoms with Crippen LogP contribution in [0.3, 0.4) is 0 Å². The molecule has 66 valence electrons. The molecule has 0 saturated heterocycles. The van der Waals surface area contributed by atoms with E-state index in [4.69, 9.17) is 11.6 Å². The normalized spacial score (nSPS) is 15.8. The molecule has 2 rings (SSSR count). The van der Waals surface area contributed by atoms with Crippen LogP contribution in [0.1, 0.15) is 0 Å². The molecule has 3 heteroatoms. The van der Waals surface area contributed by atoms with Crippen LogP contribution in [0.5, 0.6) is 0 Å². The summed E-state index contributed by atoms with van der Waals surface area (Å²) in [5.41, 5.74) is 0. The number of rotatable bonds is 1. The van der Waals surface area contributed by atoms with E-state index in [0.717, 1.165) is 17.4 Å². The Labute approximate surface area is 82.2 Å². The third-order valence-corrected chi connectivity index (χ3v) is 2.12. The molecule has 0 spiro atoms. The van der Waals surface area contributed by atoms with Gasteiger partial charge in [-0.2, -0.15) is 0 Å². The van der Waals surface area contributed by atoms with Crippen LogP contribution in [0.25, 0.3) is 0 Å². The summed E-state index contributed by atoms with van der Waals surface area (Å²) in [6.07, 6.45) is 7.53. The predicted octanol–water partition coefficient (Wildman–Crippen LogP) is 2.54. The van der Waals surface area contributed by atoms with E-state index < -0.39 is 0 Å². The monoisotopic (exact) mass is 192 g/mol. The molecule has 1 aliphatic heterocycles. The summed E-state index contributed by atoms with van der Waals surface area (Å²) in [5, 5.41) is 0.784. The second-order valence-corrected chi connectivity index (χ2v) is 3.18. The minimum atomic E-state index is 0.784. The Morgan fingerprint density at radius 1 is 1.38 bits per heavy atom. The van der Waals surface area contributed by atoms with Crippen molar-refractivity contribution in [3.8, 4) is 0 Å². The second kappa shape index (κ2) is 3.62. The summed E-state index contributed by atoms with van der Waals surface area (Å²) in [6.45, 7) is 0.784. The van der Waals surface area contributed by atoms with Gasteiger partial charge in [-0.1, -0.05) is 17.7 Å². The Morgan fingerprint density at radius 2 is 2.31 bits per heavy atom. The Hall–Kier alpha value is -1.28. The molecule has 0 bridgehead atoms. The molecule has 0 fully saturated rings. The lowest BCUT2D eigenvalue weighted by molar-refractivity contribution is 1.03. The van der Waals surface area contributed by atoms with Gasteiger partial charge in [0.15, 0.2) is 0 Å². The van der Waals surface area contributed by atoms with Crippen molar-refractivity contribution in [2.75, 3.05) is 11.4 Å². The maximum atomic E-state index is 5.80. The number of halogens is 1. The molecule has 0 amide bonds. The van der Waals surface area contributed by atoms with Crippen molar-refractivity contribution >= 4 is 17.4 Å². The van der Waals surface area contributed by atoms with Gasteiger partial charge in [0.2, 0.25) is 0 Å². The molecule has 1 aliphatic rings. The standard InChI is InChI=1S/C10H9ClN2/c11-9-4-7-13(8-5-9)10-3-1-2-6-12-10/h1-7H,8H2. The molecule has 2 nitrogen and oxygen atoms in total. The number of hydrogen-bond donors (Lipinski definition) is 0. The van der Waals surface area contributed by atoms with Crippen molar-refractivity contribution in [1.29, 1.82) is 0 Å². The van der Waals surface area contributed by atoms with E-state index in [9.17, 15) is 0 Å². The zero-order valence-corrected chi connectivity index (χ0v) is 7.78. The first-order valence-corrected chi connectivity index (χ1v) is 4.45. The molecule has 1 aromatic heterocycles. The zero-order valence-electron chi connectivity index (χ0n) is 7.02. The van der Waals surface area contributed by atoms with E-state index in [1.807, 2.05) is 41.5 Å². The van der Waals surface area contributed by atoms with Crippen LogP contribution in [0.15, 0.2) is 47.8 Å². The van der Waals surface area contributed by atoms with E-state index >= 15 is 0 Å². The van der Waals surface area contributed by atoms with Gasteiger partial charge in [0.25, 0.3) is 0 Å². The topological polar surface area (TPSA) is 16.1 Å². The molecule has 13 heavy (non-hydrogen) atoms. The van der Waals surface area contributed by atoms with Crippen LogP contribution in [0, 0.1) is 0 Å². The van der Waals surface area contributed by atoms with Crippen LogP contribution in [0.2, 0.25) is 0 Å². The highest BCUT2D eigenvalue weighted by atomic mass is 35.5. The van der Waals surface area contributed by atoms with Gasteiger partial charge in [0, 0.05) is 24.0 Å². The largest absolute Gasteiger partial charge is 0.329 e. The van der Waals surface area contributed by atoms with E-state index in [0.29, 0.717) is 0 Å². The van der Waals surface area contributed by atoms with Crippen molar-refractivity contribution < 1.29 is 0 Å². The quantitative estimate of drug-likeness (QED) is 0.680. The van der Waals surface area contributed by atoms with Crippen molar-refractivity contribution in [2.24, 2.45) is 0 Å². The summed E-state index contributed by atoms with van der Waals surface area (Å²) in [5.74, 6) is 0.944. The van der Waals surface area contributed by atoms with Crippen LogP contribution < -0.4 is 4.90 Å². The number of hydrogen-bond acceptors (Lipinski definition) is 2. The van der Waals surface area contributed by atoms with Crippen molar-refractivity contribution in [1.82, 2.24) is 4.98 Å². The fraction of sp³-hybridized carbons (Fsp3) is 0.100. The number of allylic oxidation sites excluding steroid dienone is 2. The Morgan fingerprint density at radius 3 is 2.92 bits per heavy atom. The third kappa shape index (κ3) is 1.90. The van der Waals surface area contributed by atoms with Gasteiger partial charge in [-0.15, -0.1) is 0 Å². The number of aromatic nitrogens is 1. The summed E-state index contributed by atoms with van der Waals surface area (Å²) in [7, 11) is 0. The lowest BCUT2D eigenvalue weighted by Gasteiger charge is -2.19. The van der Waals surface area contributed by atoms with Crippen LogP contribution in [-0.4, -0.2) is 11.5 Å². The van der Waals surface area contributed by atoms with Gasteiger partial charge in [-0.3, -0.25) is 0 Å². The van der Waals surface area contributed by atoms with Gasteiger partial charge in [-0.05, 0) is 24.3 Å². The van der Waals surface area contributed by atoms with Crippen molar-refractivity contribution in [3.05, 3.63) is 47.8 Å². The molecule has 0 aliphatic carbocycles. The summed E-state index contributed by atoms with van der Waals surface area (Å²) < 4.78 is 0. The Kier molecular flexibility index (Phi) is 2.32. The zero-order chi connectivity index (χ0) is 9.10. The number of anilines is 1. The average molecular weight is 193 g/mol. The first kappa shape index (κ1) is 8.32. The molecule has 0 unspecified atom stereocenters. The maximum Gasteiger partial charge on any atom is 0.132 e. The maximum absolute atomic E-state index is 5.80. The summed E-state index contributed by atoms with van der Waals surface area (Å²) >= 11 is 5.80. The molecule has 0 atom stereocenters. The van der Waals surface area contributed by atoms with Crippen LogP contribution >= 0.6 is 11.6 Å². The fourth-order valence-corrected chi connectivity index (χ4v) is 1.29. The molecule has 1 aromatic rings. The predicted molar refractivity (Wildman–Crippen MR) is 54.7 cm³/mol. The smallest absolute Gasteiger partial charge is 0.132 e. The third-order valence-electron chi connectivity index (χ3n) is 1.84. The van der Waals surface area contributed by atoms with Gasteiger partial charge < -0.3 is 4.90 Å². The Bertz CT molecular complexity index is 343. The molecule has 2 heterocycles.